The van der Waals surface area contributed by atoms with Gasteiger partial charge in [0.2, 0.25) is 0 Å². The number of anilines is 1. The fraction of sp³-hybridized carbons (Fsp3) is 0.143. The van der Waals surface area contributed by atoms with Gasteiger partial charge in [-0.1, -0.05) is 12.1 Å². The van der Waals surface area contributed by atoms with Crippen LogP contribution >= 0.6 is 38.5 Å². The molecule has 0 heterocycles. The van der Waals surface area contributed by atoms with Crippen LogP contribution in [0.5, 0.6) is 5.75 Å². The first-order chi connectivity index (χ1) is 8.69. The van der Waals surface area contributed by atoms with Gasteiger partial charge in [-0.15, -0.1) is 0 Å². The molecule has 2 aromatic rings. The van der Waals surface area contributed by atoms with Crippen LogP contribution < -0.4 is 10.1 Å². The van der Waals surface area contributed by atoms with Crippen LogP contribution in [0.15, 0.2) is 46.9 Å². The third kappa shape index (κ3) is 3.62. The van der Waals surface area contributed by atoms with Crippen molar-refractivity contribution in [3.8, 4) is 5.75 Å². The molecule has 0 aliphatic rings. The second-order valence-electron chi connectivity index (χ2n) is 3.83. The van der Waals surface area contributed by atoms with Gasteiger partial charge in [0.15, 0.2) is 0 Å². The third-order valence-corrected chi connectivity index (χ3v) is 3.83. The van der Waals surface area contributed by atoms with Crippen molar-refractivity contribution in [2.75, 3.05) is 12.4 Å². The Morgan fingerprint density at radius 1 is 1.22 bits per heavy atom. The summed E-state index contributed by atoms with van der Waals surface area (Å²) in [5.74, 6) is 0.855. The quantitative estimate of drug-likeness (QED) is 0.729. The molecular formula is C14H13BrINO. The Morgan fingerprint density at radius 3 is 2.72 bits per heavy atom. The normalized spacial score (nSPS) is 10.2. The summed E-state index contributed by atoms with van der Waals surface area (Å²) in [5.41, 5.74) is 2.34. The lowest BCUT2D eigenvalue weighted by Gasteiger charge is -2.09. The van der Waals surface area contributed by atoms with Crippen molar-refractivity contribution in [1.82, 2.24) is 0 Å². The zero-order valence-electron chi connectivity index (χ0n) is 9.91. The zero-order valence-corrected chi connectivity index (χ0v) is 13.7. The minimum atomic E-state index is 0.794. The monoisotopic (exact) mass is 417 g/mol. The summed E-state index contributed by atoms with van der Waals surface area (Å²) in [7, 11) is 1.67. The molecule has 0 unspecified atom stereocenters. The molecule has 1 N–H and O–H groups in total. The highest BCUT2D eigenvalue weighted by atomic mass is 127. The van der Waals surface area contributed by atoms with Gasteiger partial charge in [0.1, 0.15) is 5.75 Å². The van der Waals surface area contributed by atoms with Gasteiger partial charge >= 0.3 is 0 Å². The van der Waals surface area contributed by atoms with E-state index in [-0.39, 0.29) is 0 Å². The van der Waals surface area contributed by atoms with Gasteiger partial charge in [-0.05, 0) is 74.4 Å². The van der Waals surface area contributed by atoms with Crippen LogP contribution in [0, 0.1) is 3.57 Å². The minimum absolute atomic E-state index is 0.794. The molecule has 0 aliphatic carbocycles. The topological polar surface area (TPSA) is 21.3 Å². The van der Waals surface area contributed by atoms with E-state index in [0.29, 0.717) is 0 Å². The van der Waals surface area contributed by atoms with E-state index >= 15 is 0 Å². The highest BCUT2D eigenvalue weighted by Gasteiger charge is 2.01. The van der Waals surface area contributed by atoms with Crippen molar-refractivity contribution in [2.24, 2.45) is 0 Å². The van der Waals surface area contributed by atoms with Crippen molar-refractivity contribution < 1.29 is 4.74 Å². The van der Waals surface area contributed by atoms with Crippen molar-refractivity contribution in [3.63, 3.8) is 0 Å². The second kappa shape index (κ2) is 6.43. The molecule has 0 aliphatic heterocycles. The largest absolute Gasteiger partial charge is 0.496 e. The van der Waals surface area contributed by atoms with Crippen molar-refractivity contribution in [3.05, 3.63) is 56.1 Å². The Balaban J connectivity index is 2.04. The number of benzene rings is 2. The molecular weight excluding hydrogens is 405 g/mol. The molecule has 0 radical (unpaired) electrons. The molecule has 18 heavy (non-hydrogen) atoms. The molecule has 0 amide bonds. The lowest BCUT2D eigenvalue weighted by Crippen LogP contribution is -1.99. The maximum Gasteiger partial charge on any atom is 0.133 e. The van der Waals surface area contributed by atoms with Crippen molar-refractivity contribution in [1.29, 1.82) is 0 Å². The number of methoxy groups -OCH3 is 1. The summed E-state index contributed by atoms with van der Waals surface area (Å²) in [5, 5.41) is 3.40. The number of rotatable bonds is 4. The van der Waals surface area contributed by atoms with Crippen molar-refractivity contribution >= 4 is 44.2 Å². The standard InChI is InChI=1S/C14H13BrINO/c1-18-14-6-5-10(7-13(14)15)9-17-12-4-2-3-11(16)8-12/h2-8,17H,9H2,1H3. The summed E-state index contributed by atoms with van der Waals surface area (Å²) in [6.07, 6.45) is 0. The van der Waals surface area contributed by atoms with E-state index in [1.807, 2.05) is 12.1 Å². The lowest BCUT2D eigenvalue weighted by molar-refractivity contribution is 0.412. The molecule has 0 spiro atoms. The Kier molecular flexibility index (Phi) is 4.88. The number of hydrogen-bond acceptors (Lipinski definition) is 2. The first-order valence-electron chi connectivity index (χ1n) is 5.51. The summed E-state index contributed by atoms with van der Waals surface area (Å²) in [4.78, 5) is 0. The predicted octanol–water partition coefficient (Wildman–Crippen LogP) is 4.67. The Bertz CT molecular complexity index is 545. The molecule has 94 valence electrons. The van der Waals surface area contributed by atoms with Crippen LogP contribution in [0.3, 0.4) is 0 Å². The van der Waals surface area contributed by atoms with Crippen LogP contribution in [0.4, 0.5) is 5.69 Å². The summed E-state index contributed by atoms with van der Waals surface area (Å²) in [6, 6.07) is 14.4. The van der Waals surface area contributed by atoms with Crippen molar-refractivity contribution in [2.45, 2.75) is 6.54 Å². The second-order valence-corrected chi connectivity index (χ2v) is 5.93. The highest BCUT2D eigenvalue weighted by Crippen LogP contribution is 2.25. The molecule has 0 saturated carbocycles. The summed E-state index contributed by atoms with van der Waals surface area (Å²) in [6.45, 7) is 0.794. The molecule has 0 fully saturated rings. The van der Waals surface area contributed by atoms with Crippen LogP contribution in [-0.4, -0.2) is 7.11 Å². The van der Waals surface area contributed by atoms with Gasteiger partial charge in [0.05, 0.1) is 11.6 Å². The van der Waals surface area contributed by atoms with E-state index in [2.05, 4.69) is 74.2 Å². The van der Waals surface area contributed by atoms with E-state index in [0.717, 1.165) is 22.5 Å². The molecule has 0 atom stereocenters. The van der Waals surface area contributed by atoms with Gasteiger partial charge < -0.3 is 10.1 Å². The van der Waals surface area contributed by atoms with Crippen LogP contribution in [0.2, 0.25) is 0 Å². The number of ether oxygens (including phenoxy) is 1. The maximum absolute atomic E-state index is 5.21. The van der Waals surface area contributed by atoms with Gasteiger partial charge in [-0.25, -0.2) is 0 Å². The molecule has 0 bridgehead atoms. The average Bonchev–Trinajstić information content (AvgIpc) is 2.37. The average molecular weight is 418 g/mol. The summed E-state index contributed by atoms with van der Waals surface area (Å²) >= 11 is 5.80. The Hall–Kier alpha value is -0.750. The number of hydrogen-bond donors (Lipinski definition) is 1. The van der Waals surface area contributed by atoms with Gasteiger partial charge in [0.25, 0.3) is 0 Å². The Labute approximate surface area is 129 Å². The Morgan fingerprint density at radius 2 is 2.06 bits per heavy atom. The predicted molar refractivity (Wildman–Crippen MR) is 87.2 cm³/mol. The fourth-order valence-electron chi connectivity index (χ4n) is 1.62. The van der Waals surface area contributed by atoms with E-state index < -0.39 is 0 Å². The third-order valence-electron chi connectivity index (χ3n) is 2.54. The lowest BCUT2D eigenvalue weighted by atomic mass is 10.2. The molecule has 0 saturated heterocycles. The number of nitrogens with one attached hydrogen (secondary N) is 1. The van der Waals surface area contributed by atoms with E-state index in [9.17, 15) is 0 Å². The smallest absolute Gasteiger partial charge is 0.133 e. The van der Waals surface area contributed by atoms with E-state index in [4.69, 9.17) is 4.74 Å². The maximum atomic E-state index is 5.21. The van der Waals surface area contributed by atoms with Crippen LogP contribution in [0.25, 0.3) is 0 Å². The van der Waals surface area contributed by atoms with E-state index in [1.54, 1.807) is 7.11 Å². The number of halogens is 2. The molecule has 0 aromatic heterocycles. The van der Waals surface area contributed by atoms with Gasteiger partial charge in [-0.3, -0.25) is 0 Å². The van der Waals surface area contributed by atoms with Crippen LogP contribution in [-0.2, 0) is 6.54 Å². The fourth-order valence-corrected chi connectivity index (χ4v) is 2.75. The van der Waals surface area contributed by atoms with E-state index in [1.165, 1.54) is 9.13 Å². The minimum Gasteiger partial charge on any atom is -0.496 e. The summed E-state index contributed by atoms with van der Waals surface area (Å²) < 4.78 is 7.42. The first-order valence-corrected chi connectivity index (χ1v) is 7.38. The SMILES string of the molecule is COc1ccc(CNc2cccc(I)c2)cc1Br. The highest BCUT2D eigenvalue weighted by molar-refractivity contribution is 14.1. The van der Waals surface area contributed by atoms with Gasteiger partial charge in [0, 0.05) is 15.8 Å². The van der Waals surface area contributed by atoms with Gasteiger partial charge in [-0.2, -0.15) is 0 Å². The molecule has 2 nitrogen and oxygen atoms in total. The zero-order chi connectivity index (χ0) is 13.0. The molecule has 2 rings (SSSR count). The first kappa shape index (κ1) is 13.7. The van der Waals surface area contributed by atoms with Crippen LogP contribution in [0.1, 0.15) is 5.56 Å². The molecule has 4 heteroatoms. The molecule has 2 aromatic carbocycles.